The van der Waals surface area contributed by atoms with Crippen LogP contribution in [-0.2, 0) is 4.79 Å². The molecule has 1 atom stereocenters. The Hall–Kier alpha value is -1.51. The number of carbonyl (C=O) groups excluding carboxylic acids is 1. The van der Waals surface area contributed by atoms with Crippen LogP contribution in [0.25, 0.3) is 0 Å². The molecule has 0 radical (unpaired) electrons. The van der Waals surface area contributed by atoms with Gasteiger partial charge >= 0.3 is 0 Å². The molecule has 76 valence electrons. The van der Waals surface area contributed by atoms with Crippen molar-refractivity contribution in [2.75, 3.05) is 6.54 Å². The maximum absolute atomic E-state index is 10.6. The molecule has 1 aromatic rings. The Labute approximate surface area is 84.3 Å². The normalized spacial score (nSPS) is 11.9. The molecule has 0 aromatic heterocycles. The third kappa shape index (κ3) is 2.76. The van der Waals surface area contributed by atoms with Crippen molar-refractivity contribution in [2.45, 2.75) is 20.1 Å². The van der Waals surface area contributed by atoms with Crippen LogP contribution in [0.5, 0.6) is 5.75 Å². The fourth-order valence-electron chi connectivity index (χ4n) is 1.18. The Balaban J connectivity index is 2.56. The van der Waals surface area contributed by atoms with E-state index in [2.05, 4.69) is 0 Å². The van der Waals surface area contributed by atoms with Gasteiger partial charge in [-0.15, -0.1) is 0 Å². The molecular formula is C11H15NO2. The van der Waals surface area contributed by atoms with Crippen LogP contribution in [0.2, 0.25) is 0 Å². The van der Waals surface area contributed by atoms with Crippen LogP contribution < -0.4 is 4.74 Å². The smallest absolute Gasteiger partial charge is 0.212 e. The van der Waals surface area contributed by atoms with Crippen molar-refractivity contribution in [3.63, 3.8) is 0 Å². The van der Waals surface area contributed by atoms with E-state index in [1.54, 1.807) is 4.90 Å². The zero-order chi connectivity index (χ0) is 10.4. The molecule has 0 aliphatic rings. The Morgan fingerprint density at radius 1 is 1.43 bits per heavy atom. The summed E-state index contributed by atoms with van der Waals surface area (Å²) in [5.74, 6) is 0.778. The molecule has 0 N–H and O–H groups in total. The lowest BCUT2D eigenvalue weighted by atomic mass is 10.3. The first-order valence-corrected chi connectivity index (χ1v) is 4.70. The van der Waals surface area contributed by atoms with Gasteiger partial charge in [-0.25, -0.2) is 0 Å². The molecule has 1 rings (SSSR count). The lowest BCUT2D eigenvalue weighted by molar-refractivity contribution is -0.124. The van der Waals surface area contributed by atoms with E-state index >= 15 is 0 Å². The number of para-hydroxylation sites is 1. The summed E-state index contributed by atoms with van der Waals surface area (Å²) in [6.45, 7) is 4.42. The van der Waals surface area contributed by atoms with E-state index in [1.165, 1.54) is 0 Å². The Kier molecular flexibility index (Phi) is 3.98. The van der Waals surface area contributed by atoms with Crippen LogP contribution in [0.3, 0.4) is 0 Å². The highest BCUT2D eigenvalue weighted by molar-refractivity contribution is 5.47. The molecule has 0 saturated carbocycles. The number of ether oxygens (including phenoxy) is 1. The first-order chi connectivity index (χ1) is 6.77. The summed E-state index contributed by atoms with van der Waals surface area (Å²) < 4.78 is 5.55. The van der Waals surface area contributed by atoms with E-state index in [1.807, 2.05) is 44.2 Å². The monoisotopic (exact) mass is 193 g/mol. The highest BCUT2D eigenvalue weighted by atomic mass is 16.5. The fraction of sp³-hybridized carbons (Fsp3) is 0.364. The molecule has 0 aliphatic heterocycles. The van der Waals surface area contributed by atoms with E-state index in [4.69, 9.17) is 4.74 Å². The summed E-state index contributed by atoms with van der Waals surface area (Å²) in [5, 5.41) is 0. The molecule has 3 nitrogen and oxygen atoms in total. The maximum Gasteiger partial charge on any atom is 0.212 e. The minimum Gasteiger partial charge on any atom is -0.471 e. The van der Waals surface area contributed by atoms with E-state index in [0.29, 0.717) is 6.54 Å². The van der Waals surface area contributed by atoms with E-state index in [0.717, 1.165) is 12.2 Å². The van der Waals surface area contributed by atoms with Crippen molar-refractivity contribution in [1.29, 1.82) is 0 Å². The molecule has 0 fully saturated rings. The van der Waals surface area contributed by atoms with Crippen molar-refractivity contribution in [2.24, 2.45) is 0 Å². The predicted octanol–water partition coefficient (Wildman–Crippen LogP) is 1.89. The van der Waals surface area contributed by atoms with Crippen LogP contribution in [-0.4, -0.2) is 24.1 Å². The lowest BCUT2D eigenvalue weighted by Gasteiger charge is -2.24. The average molecular weight is 193 g/mol. The van der Waals surface area contributed by atoms with Gasteiger partial charge in [0.05, 0.1) is 0 Å². The molecule has 1 amide bonds. The minimum absolute atomic E-state index is 0.222. The van der Waals surface area contributed by atoms with Gasteiger partial charge in [0.1, 0.15) is 5.75 Å². The molecule has 0 heterocycles. The van der Waals surface area contributed by atoms with Crippen molar-refractivity contribution in [3.8, 4) is 5.75 Å². The van der Waals surface area contributed by atoms with Gasteiger partial charge in [0.25, 0.3) is 0 Å². The predicted molar refractivity (Wildman–Crippen MR) is 55.0 cm³/mol. The molecule has 0 saturated heterocycles. The van der Waals surface area contributed by atoms with Crippen molar-refractivity contribution in [1.82, 2.24) is 4.90 Å². The van der Waals surface area contributed by atoms with Gasteiger partial charge in [-0.3, -0.25) is 4.79 Å². The van der Waals surface area contributed by atoms with Crippen LogP contribution in [0.4, 0.5) is 0 Å². The Bertz CT molecular complexity index is 274. The molecule has 14 heavy (non-hydrogen) atoms. The van der Waals surface area contributed by atoms with E-state index in [9.17, 15) is 4.79 Å². The van der Waals surface area contributed by atoms with Gasteiger partial charge in [-0.05, 0) is 26.0 Å². The average Bonchev–Trinajstić information content (AvgIpc) is 2.21. The zero-order valence-electron chi connectivity index (χ0n) is 8.51. The van der Waals surface area contributed by atoms with Crippen LogP contribution in [0.15, 0.2) is 30.3 Å². The first-order valence-electron chi connectivity index (χ1n) is 4.70. The van der Waals surface area contributed by atoms with Gasteiger partial charge < -0.3 is 9.64 Å². The van der Waals surface area contributed by atoms with Crippen molar-refractivity contribution in [3.05, 3.63) is 30.3 Å². The number of hydrogen-bond acceptors (Lipinski definition) is 2. The Morgan fingerprint density at radius 2 is 2.07 bits per heavy atom. The maximum atomic E-state index is 10.6. The number of benzene rings is 1. The van der Waals surface area contributed by atoms with Gasteiger partial charge in [-0.1, -0.05) is 18.2 Å². The molecule has 1 unspecified atom stereocenters. The largest absolute Gasteiger partial charge is 0.471 e. The van der Waals surface area contributed by atoms with E-state index in [-0.39, 0.29) is 6.23 Å². The molecule has 0 bridgehead atoms. The van der Waals surface area contributed by atoms with Gasteiger partial charge in [0, 0.05) is 6.54 Å². The topological polar surface area (TPSA) is 29.5 Å². The fourth-order valence-corrected chi connectivity index (χ4v) is 1.18. The van der Waals surface area contributed by atoms with Crippen LogP contribution >= 0.6 is 0 Å². The Morgan fingerprint density at radius 3 is 2.57 bits per heavy atom. The van der Waals surface area contributed by atoms with Gasteiger partial charge in [0.15, 0.2) is 6.23 Å². The molecular weight excluding hydrogens is 178 g/mol. The highest BCUT2D eigenvalue weighted by Crippen LogP contribution is 2.11. The lowest BCUT2D eigenvalue weighted by Crippen LogP contribution is -2.35. The number of amides is 1. The SMILES string of the molecule is CCN(C=O)C(C)Oc1ccccc1. The molecule has 1 aromatic carbocycles. The third-order valence-electron chi connectivity index (χ3n) is 2.02. The minimum atomic E-state index is -0.222. The second-order valence-electron chi connectivity index (χ2n) is 2.97. The third-order valence-corrected chi connectivity index (χ3v) is 2.02. The second kappa shape index (κ2) is 5.27. The second-order valence-corrected chi connectivity index (χ2v) is 2.97. The summed E-state index contributed by atoms with van der Waals surface area (Å²) in [6.07, 6.45) is 0.577. The number of carbonyl (C=O) groups is 1. The number of rotatable bonds is 5. The summed E-state index contributed by atoms with van der Waals surface area (Å²) >= 11 is 0. The van der Waals surface area contributed by atoms with Crippen LogP contribution in [0, 0.1) is 0 Å². The summed E-state index contributed by atoms with van der Waals surface area (Å²) in [7, 11) is 0. The van der Waals surface area contributed by atoms with E-state index < -0.39 is 0 Å². The first kappa shape index (κ1) is 10.6. The van der Waals surface area contributed by atoms with Gasteiger partial charge in [0.2, 0.25) is 6.41 Å². The molecule has 0 spiro atoms. The van der Waals surface area contributed by atoms with Crippen LogP contribution in [0.1, 0.15) is 13.8 Å². The summed E-state index contributed by atoms with van der Waals surface area (Å²) in [6, 6.07) is 9.47. The highest BCUT2D eigenvalue weighted by Gasteiger charge is 2.09. The summed E-state index contributed by atoms with van der Waals surface area (Å²) in [5.41, 5.74) is 0. The van der Waals surface area contributed by atoms with Crippen molar-refractivity contribution >= 4 is 6.41 Å². The molecule has 0 aliphatic carbocycles. The quantitative estimate of drug-likeness (QED) is 0.528. The van der Waals surface area contributed by atoms with Crippen molar-refractivity contribution < 1.29 is 9.53 Å². The number of nitrogens with zero attached hydrogens (tertiary/aromatic N) is 1. The summed E-state index contributed by atoms with van der Waals surface area (Å²) in [4.78, 5) is 12.2. The number of hydrogen-bond donors (Lipinski definition) is 0. The standard InChI is InChI=1S/C11H15NO2/c1-3-12(9-13)10(2)14-11-7-5-4-6-8-11/h4-10H,3H2,1-2H3. The molecule has 3 heteroatoms. The zero-order valence-corrected chi connectivity index (χ0v) is 8.51. The van der Waals surface area contributed by atoms with Gasteiger partial charge in [-0.2, -0.15) is 0 Å².